The summed E-state index contributed by atoms with van der Waals surface area (Å²) >= 11 is 0. The van der Waals surface area contributed by atoms with Crippen molar-refractivity contribution in [1.29, 1.82) is 0 Å². The van der Waals surface area contributed by atoms with E-state index >= 15 is 0 Å². The third-order valence-electron chi connectivity index (χ3n) is 5.49. The monoisotopic (exact) mass is 557 g/mol. The molecule has 4 aromatic carbocycles. The zero-order valence-electron chi connectivity index (χ0n) is 21.6. The number of benzene rings is 4. The molecule has 4 aromatic rings. The van der Waals surface area contributed by atoms with Crippen molar-refractivity contribution < 1.29 is 27.5 Å². The maximum Gasteiger partial charge on any atom is 0.343 e. The molecule has 0 radical (unpaired) electrons. The van der Waals surface area contributed by atoms with E-state index in [0.29, 0.717) is 40.5 Å². The Morgan fingerprint density at radius 3 is 2.08 bits per heavy atom. The fourth-order valence-corrected chi connectivity index (χ4v) is 4.51. The third-order valence-corrected chi connectivity index (χ3v) is 6.88. The number of esters is 1. The SMILES string of the molecule is CCCOc1ccc(C(=O)Oc2ccc(/C=N/NC(=O)c3ccc(NS(=O)(=O)c4ccccc4)cc3)cc2)cc1. The smallest absolute Gasteiger partial charge is 0.343 e. The molecule has 40 heavy (non-hydrogen) atoms. The molecule has 1 amide bonds. The van der Waals surface area contributed by atoms with Crippen LogP contribution in [0.1, 0.15) is 39.6 Å². The molecule has 0 aliphatic rings. The molecular weight excluding hydrogens is 530 g/mol. The second-order valence-corrected chi connectivity index (χ2v) is 10.2. The molecule has 204 valence electrons. The number of nitrogens with zero attached hydrogens (tertiary/aromatic N) is 1. The third kappa shape index (κ3) is 7.78. The minimum absolute atomic E-state index is 0.139. The van der Waals surface area contributed by atoms with Gasteiger partial charge in [0, 0.05) is 11.3 Å². The lowest BCUT2D eigenvalue weighted by Gasteiger charge is -2.08. The molecule has 0 aliphatic carbocycles. The van der Waals surface area contributed by atoms with E-state index in [-0.39, 0.29) is 4.90 Å². The minimum atomic E-state index is -3.73. The summed E-state index contributed by atoms with van der Waals surface area (Å²) < 4.78 is 38.3. The predicted molar refractivity (Wildman–Crippen MR) is 152 cm³/mol. The highest BCUT2D eigenvalue weighted by molar-refractivity contribution is 7.92. The van der Waals surface area contributed by atoms with Gasteiger partial charge in [0.15, 0.2) is 0 Å². The maximum atomic E-state index is 12.4. The van der Waals surface area contributed by atoms with E-state index in [0.717, 1.165) is 6.42 Å². The zero-order chi connectivity index (χ0) is 28.4. The van der Waals surface area contributed by atoms with E-state index in [1.165, 1.54) is 42.6 Å². The van der Waals surface area contributed by atoms with Gasteiger partial charge in [0.2, 0.25) is 0 Å². The van der Waals surface area contributed by atoms with Crippen molar-refractivity contribution in [2.45, 2.75) is 18.2 Å². The first-order chi connectivity index (χ1) is 19.3. The molecule has 0 saturated heterocycles. The van der Waals surface area contributed by atoms with Crippen LogP contribution < -0.4 is 19.6 Å². The number of nitrogens with one attached hydrogen (secondary N) is 2. The number of hydrazone groups is 1. The molecule has 0 unspecified atom stereocenters. The van der Waals surface area contributed by atoms with Gasteiger partial charge < -0.3 is 9.47 Å². The topological polar surface area (TPSA) is 123 Å². The lowest BCUT2D eigenvalue weighted by atomic mass is 10.2. The summed E-state index contributed by atoms with van der Waals surface area (Å²) in [5.74, 6) is 0.0953. The first-order valence-corrected chi connectivity index (χ1v) is 13.9. The van der Waals surface area contributed by atoms with Gasteiger partial charge in [0.05, 0.1) is 23.3 Å². The van der Waals surface area contributed by atoms with Crippen LogP contribution in [0.3, 0.4) is 0 Å². The van der Waals surface area contributed by atoms with Gasteiger partial charge in [-0.15, -0.1) is 0 Å². The standard InChI is InChI=1S/C30H27N3O6S/c1-2-20-38-26-18-12-24(13-19-26)30(35)39-27-16-8-22(9-17-27)21-31-32-29(34)23-10-14-25(15-11-23)33-40(36,37)28-6-4-3-5-7-28/h3-19,21,33H,2,20H2,1H3,(H,32,34)/b31-21+. The van der Waals surface area contributed by atoms with Crippen molar-refractivity contribution in [3.8, 4) is 11.5 Å². The molecule has 0 aromatic heterocycles. The number of hydrogen-bond donors (Lipinski definition) is 2. The molecule has 0 spiro atoms. The van der Waals surface area contributed by atoms with E-state index in [4.69, 9.17) is 9.47 Å². The second kappa shape index (κ2) is 13.2. The average Bonchev–Trinajstić information content (AvgIpc) is 2.98. The van der Waals surface area contributed by atoms with Crippen molar-refractivity contribution in [2.75, 3.05) is 11.3 Å². The molecule has 0 aliphatic heterocycles. The van der Waals surface area contributed by atoms with Crippen LogP contribution in [0.2, 0.25) is 0 Å². The van der Waals surface area contributed by atoms with Gasteiger partial charge >= 0.3 is 5.97 Å². The zero-order valence-corrected chi connectivity index (χ0v) is 22.4. The van der Waals surface area contributed by atoms with Gasteiger partial charge in [-0.25, -0.2) is 18.6 Å². The van der Waals surface area contributed by atoms with E-state index < -0.39 is 21.9 Å². The van der Waals surface area contributed by atoms with Crippen molar-refractivity contribution in [2.24, 2.45) is 5.10 Å². The molecule has 0 saturated carbocycles. The highest BCUT2D eigenvalue weighted by atomic mass is 32.2. The minimum Gasteiger partial charge on any atom is -0.494 e. The molecule has 0 fully saturated rings. The van der Waals surface area contributed by atoms with E-state index in [1.54, 1.807) is 66.7 Å². The molecule has 0 heterocycles. The summed E-state index contributed by atoms with van der Waals surface area (Å²) in [5, 5.41) is 3.95. The van der Waals surface area contributed by atoms with Crippen LogP contribution in [0.5, 0.6) is 11.5 Å². The molecule has 10 heteroatoms. The van der Waals surface area contributed by atoms with E-state index in [2.05, 4.69) is 15.2 Å². The Morgan fingerprint density at radius 2 is 1.43 bits per heavy atom. The number of carbonyl (C=O) groups excluding carboxylic acids is 2. The van der Waals surface area contributed by atoms with Gasteiger partial charge in [-0.3, -0.25) is 9.52 Å². The van der Waals surface area contributed by atoms with Crippen LogP contribution in [-0.2, 0) is 10.0 Å². The van der Waals surface area contributed by atoms with Crippen LogP contribution in [0.4, 0.5) is 5.69 Å². The fourth-order valence-electron chi connectivity index (χ4n) is 3.43. The Balaban J connectivity index is 1.27. The second-order valence-electron chi connectivity index (χ2n) is 8.53. The van der Waals surface area contributed by atoms with Gasteiger partial charge in [-0.1, -0.05) is 25.1 Å². The summed E-state index contributed by atoms with van der Waals surface area (Å²) in [7, 11) is -3.73. The Hall–Kier alpha value is -4.96. The number of hydrogen-bond acceptors (Lipinski definition) is 7. The Bertz CT molecular complexity index is 1570. The Morgan fingerprint density at radius 1 is 0.800 bits per heavy atom. The molecule has 0 atom stereocenters. The Kier molecular flexibility index (Phi) is 9.27. The van der Waals surface area contributed by atoms with Crippen molar-refractivity contribution >= 4 is 33.8 Å². The van der Waals surface area contributed by atoms with Crippen molar-refractivity contribution in [3.05, 3.63) is 120 Å². The van der Waals surface area contributed by atoms with Crippen molar-refractivity contribution in [3.63, 3.8) is 0 Å². The van der Waals surface area contributed by atoms with Gasteiger partial charge in [-0.2, -0.15) is 5.10 Å². The van der Waals surface area contributed by atoms with E-state index in [1.807, 2.05) is 6.92 Å². The summed E-state index contributed by atoms with van der Waals surface area (Å²) in [6.07, 6.45) is 2.34. The lowest BCUT2D eigenvalue weighted by molar-refractivity contribution is 0.0734. The van der Waals surface area contributed by atoms with Gasteiger partial charge in [0.1, 0.15) is 11.5 Å². The van der Waals surface area contributed by atoms with Crippen LogP contribution in [0.15, 0.2) is 113 Å². The van der Waals surface area contributed by atoms with Crippen LogP contribution in [0, 0.1) is 0 Å². The average molecular weight is 558 g/mol. The lowest BCUT2D eigenvalue weighted by Crippen LogP contribution is -2.18. The van der Waals surface area contributed by atoms with Gasteiger partial charge in [0.25, 0.3) is 15.9 Å². The number of amides is 1. The van der Waals surface area contributed by atoms with E-state index in [9.17, 15) is 18.0 Å². The first kappa shape index (κ1) is 28.1. The van der Waals surface area contributed by atoms with Crippen LogP contribution in [-0.4, -0.2) is 33.1 Å². The van der Waals surface area contributed by atoms with Crippen LogP contribution >= 0.6 is 0 Å². The molecule has 9 nitrogen and oxygen atoms in total. The number of anilines is 1. The number of sulfonamides is 1. The maximum absolute atomic E-state index is 12.4. The molecule has 4 rings (SSSR count). The van der Waals surface area contributed by atoms with Crippen molar-refractivity contribution in [1.82, 2.24) is 5.43 Å². The summed E-state index contributed by atoms with van der Waals surface area (Å²) in [4.78, 5) is 24.9. The summed E-state index contributed by atoms with van der Waals surface area (Å²) in [5.41, 5.74) is 4.11. The highest BCUT2D eigenvalue weighted by Crippen LogP contribution is 2.18. The highest BCUT2D eigenvalue weighted by Gasteiger charge is 2.14. The fraction of sp³-hybridized carbons (Fsp3) is 0.100. The normalized spacial score (nSPS) is 11.1. The number of rotatable bonds is 11. The van der Waals surface area contributed by atoms with Gasteiger partial charge in [-0.05, 0) is 96.9 Å². The molecular formula is C30H27N3O6S. The molecule has 2 N–H and O–H groups in total. The number of ether oxygens (including phenoxy) is 2. The summed E-state index contributed by atoms with van der Waals surface area (Å²) in [6.45, 7) is 2.63. The number of carbonyl (C=O) groups is 2. The quantitative estimate of drug-likeness (QED) is 0.112. The Labute approximate surface area is 232 Å². The summed E-state index contributed by atoms with van der Waals surface area (Å²) in [6, 6.07) is 27.3. The first-order valence-electron chi connectivity index (χ1n) is 12.4. The molecule has 0 bridgehead atoms. The van der Waals surface area contributed by atoms with Crippen LogP contribution in [0.25, 0.3) is 0 Å². The predicted octanol–water partition coefficient (Wildman–Crippen LogP) is 5.26. The largest absolute Gasteiger partial charge is 0.494 e.